The molecular formula is C7H11N3. The van der Waals surface area contributed by atoms with Crippen LogP contribution < -0.4 is 0 Å². The van der Waals surface area contributed by atoms with Crippen molar-refractivity contribution in [3.8, 4) is 0 Å². The Morgan fingerprint density at radius 3 is 2.20 bits per heavy atom. The lowest BCUT2D eigenvalue weighted by Crippen LogP contribution is -1.67. The van der Waals surface area contributed by atoms with Gasteiger partial charge in [-0.15, -0.1) is 0 Å². The van der Waals surface area contributed by atoms with Crippen molar-refractivity contribution < 1.29 is 0 Å². The Hall–Kier alpha value is -1.25. The van der Waals surface area contributed by atoms with Crippen molar-refractivity contribution in [3.63, 3.8) is 0 Å². The fourth-order valence-electron chi connectivity index (χ4n) is 0.298. The van der Waals surface area contributed by atoms with E-state index in [0.29, 0.717) is 0 Å². The third-order valence-corrected chi connectivity index (χ3v) is 0.651. The van der Waals surface area contributed by atoms with E-state index in [1.807, 2.05) is 19.9 Å². The second kappa shape index (κ2) is 7.75. The SMILES string of the molecule is CC=NC=NC=N/C=C/C. The van der Waals surface area contributed by atoms with Crippen LogP contribution in [0.1, 0.15) is 13.8 Å². The first kappa shape index (κ1) is 8.75. The summed E-state index contributed by atoms with van der Waals surface area (Å²) in [4.78, 5) is 11.3. The van der Waals surface area contributed by atoms with E-state index < -0.39 is 0 Å². The molecule has 54 valence electrons. The number of hydrogen-bond donors (Lipinski definition) is 0. The third-order valence-electron chi connectivity index (χ3n) is 0.651. The number of hydrogen-bond acceptors (Lipinski definition) is 1. The molecular weight excluding hydrogens is 126 g/mol. The molecule has 0 saturated carbocycles. The van der Waals surface area contributed by atoms with E-state index in [1.165, 1.54) is 12.7 Å². The van der Waals surface area contributed by atoms with Gasteiger partial charge in [-0.25, -0.2) is 15.0 Å². The molecule has 10 heavy (non-hydrogen) atoms. The minimum atomic E-state index is 1.44. The Morgan fingerprint density at radius 2 is 1.60 bits per heavy atom. The van der Waals surface area contributed by atoms with Gasteiger partial charge in [-0.3, -0.25) is 0 Å². The van der Waals surface area contributed by atoms with Gasteiger partial charge in [-0.2, -0.15) is 0 Å². The van der Waals surface area contributed by atoms with E-state index in [2.05, 4.69) is 15.0 Å². The molecule has 0 aliphatic carbocycles. The van der Waals surface area contributed by atoms with Gasteiger partial charge in [0.25, 0.3) is 0 Å². The van der Waals surface area contributed by atoms with Gasteiger partial charge in [-0.1, -0.05) is 6.08 Å². The smallest absolute Gasteiger partial charge is 0.117 e. The first-order valence-electron chi connectivity index (χ1n) is 3.04. The van der Waals surface area contributed by atoms with Gasteiger partial charge in [0.05, 0.1) is 0 Å². The molecule has 0 saturated heterocycles. The number of nitrogens with zero attached hydrogens (tertiary/aromatic N) is 3. The summed E-state index contributed by atoms with van der Waals surface area (Å²) in [6.45, 7) is 3.72. The van der Waals surface area contributed by atoms with E-state index in [1.54, 1.807) is 12.4 Å². The Morgan fingerprint density at radius 1 is 0.900 bits per heavy atom. The van der Waals surface area contributed by atoms with Gasteiger partial charge in [0.15, 0.2) is 0 Å². The van der Waals surface area contributed by atoms with Crippen LogP contribution in [0.15, 0.2) is 27.3 Å². The monoisotopic (exact) mass is 137 g/mol. The fourth-order valence-corrected chi connectivity index (χ4v) is 0.298. The quantitative estimate of drug-likeness (QED) is 0.419. The molecule has 0 rings (SSSR count). The largest absolute Gasteiger partial charge is 0.249 e. The van der Waals surface area contributed by atoms with Crippen molar-refractivity contribution in [2.45, 2.75) is 13.8 Å². The average molecular weight is 137 g/mol. The van der Waals surface area contributed by atoms with Crippen LogP contribution in [0.5, 0.6) is 0 Å². The predicted octanol–water partition coefficient (Wildman–Crippen LogP) is 1.67. The van der Waals surface area contributed by atoms with Crippen LogP contribution in [-0.2, 0) is 0 Å². The zero-order valence-corrected chi connectivity index (χ0v) is 6.23. The molecule has 0 aromatic heterocycles. The minimum absolute atomic E-state index is 1.44. The van der Waals surface area contributed by atoms with Crippen LogP contribution in [0.4, 0.5) is 0 Å². The van der Waals surface area contributed by atoms with E-state index in [0.717, 1.165) is 0 Å². The van der Waals surface area contributed by atoms with Gasteiger partial charge in [0, 0.05) is 12.4 Å². The molecule has 0 radical (unpaired) electrons. The lowest BCUT2D eigenvalue weighted by atomic mass is 10.7. The predicted molar refractivity (Wildman–Crippen MR) is 46.0 cm³/mol. The molecule has 0 aromatic carbocycles. The summed E-state index contributed by atoms with van der Waals surface area (Å²) in [5.74, 6) is 0. The summed E-state index contributed by atoms with van der Waals surface area (Å²) in [6, 6.07) is 0. The van der Waals surface area contributed by atoms with Crippen molar-refractivity contribution in [1.82, 2.24) is 0 Å². The molecule has 0 spiro atoms. The Labute approximate surface area is 60.9 Å². The Bertz CT molecular complexity index is 146. The molecule has 0 atom stereocenters. The van der Waals surface area contributed by atoms with E-state index >= 15 is 0 Å². The maximum atomic E-state index is 3.78. The first-order chi connectivity index (χ1) is 4.91. The number of aliphatic imine (C=N–C) groups is 3. The molecule has 0 bridgehead atoms. The van der Waals surface area contributed by atoms with Crippen molar-refractivity contribution in [1.29, 1.82) is 0 Å². The third kappa shape index (κ3) is 6.75. The summed E-state index contributed by atoms with van der Waals surface area (Å²) in [5.41, 5.74) is 0. The molecule has 0 aliphatic heterocycles. The topological polar surface area (TPSA) is 37.1 Å². The van der Waals surface area contributed by atoms with Crippen LogP contribution >= 0.6 is 0 Å². The zero-order chi connectivity index (χ0) is 7.66. The first-order valence-corrected chi connectivity index (χ1v) is 3.04. The van der Waals surface area contributed by atoms with E-state index in [4.69, 9.17) is 0 Å². The fraction of sp³-hybridized carbons (Fsp3) is 0.286. The minimum Gasteiger partial charge on any atom is -0.249 e. The van der Waals surface area contributed by atoms with E-state index in [-0.39, 0.29) is 0 Å². The second-order valence-corrected chi connectivity index (χ2v) is 1.42. The lowest BCUT2D eigenvalue weighted by Gasteiger charge is -1.72. The molecule has 0 N–H and O–H groups in total. The van der Waals surface area contributed by atoms with Gasteiger partial charge in [0.1, 0.15) is 12.7 Å². The number of rotatable bonds is 3. The highest BCUT2D eigenvalue weighted by Gasteiger charge is 1.59. The number of allylic oxidation sites excluding steroid dienone is 1. The molecule has 0 unspecified atom stereocenters. The van der Waals surface area contributed by atoms with Gasteiger partial charge in [0.2, 0.25) is 0 Å². The molecule has 0 amide bonds. The second-order valence-electron chi connectivity index (χ2n) is 1.42. The highest BCUT2D eigenvalue weighted by Crippen LogP contribution is 1.70. The highest BCUT2D eigenvalue weighted by molar-refractivity contribution is 5.77. The summed E-state index contributed by atoms with van der Waals surface area (Å²) < 4.78 is 0. The van der Waals surface area contributed by atoms with Crippen LogP contribution in [0.2, 0.25) is 0 Å². The highest BCUT2D eigenvalue weighted by atomic mass is 14.9. The molecule has 0 aromatic rings. The van der Waals surface area contributed by atoms with Crippen molar-refractivity contribution in [3.05, 3.63) is 12.3 Å². The summed E-state index contributed by atoms with van der Waals surface area (Å²) in [6.07, 6.45) is 8.02. The normalized spacial score (nSPS) is 13.4. The van der Waals surface area contributed by atoms with Gasteiger partial charge in [-0.05, 0) is 13.8 Å². The van der Waals surface area contributed by atoms with Crippen molar-refractivity contribution in [2.24, 2.45) is 15.0 Å². The summed E-state index contributed by atoms with van der Waals surface area (Å²) in [7, 11) is 0. The Balaban J connectivity index is 3.51. The maximum Gasteiger partial charge on any atom is 0.117 e. The molecule has 0 heterocycles. The molecule has 3 nitrogen and oxygen atoms in total. The summed E-state index contributed by atoms with van der Waals surface area (Å²) >= 11 is 0. The molecule has 0 aliphatic rings. The van der Waals surface area contributed by atoms with Crippen molar-refractivity contribution >= 4 is 18.9 Å². The van der Waals surface area contributed by atoms with Gasteiger partial charge >= 0.3 is 0 Å². The van der Waals surface area contributed by atoms with Gasteiger partial charge < -0.3 is 0 Å². The van der Waals surface area contributed by atoms with E-state index in [9.17, 15) is 0 Å². The van der Waals surface area contributed by atoms with Crippen LogP contribution in [-0.4, -0.2) is 18.9 Å². The van der Waals surface area contributed by atoms with Crippen LogP contribution in [0.3, 0.4) is 0 Å². The Kier molecular flexibility index (Phi) is 6.78. The average Bonchev–Trinajstić information content (AvgIpc) is 1.97. The lowest BCUT2D eigenvalue weighted by molar-refractivity contribution is 1.51. The standard InChI is InChI=1S/C7H11N3/c1-3-5-9-7-10-6-8-4-2/h3-7H,1-2H3/b5-3+,8-4?,9-7?,10-6?. The van der Waals surface area contributed by atoms with Crippen LogP contribution in [0, 0.1) is 0 Å². The zero-order valence-electron chi connectivity index (χ0n) is 6.23. The maximum absolute atomic E-state index is 3.78. The van der Waals surface area contributed by atoms with Crippen molar-refractivity contribution in [2.75, 3.05) is 0 Å². The summed E-state index contributed by atoms with van der Waals surface area (Å²) in [5, 5.41) is 0. The van der Waals surface area contributed by atoms with Crippen LogP contribution in [0.25, 0.3) is 0 Å². The molecule has 3 heteroatoms. The molecule has 0 fully saturated rings.